The van der Waals surface area contributed by atoms with Crippen LogP contribution in [0.1, 0.15) is 11.1 Å². The van der Waals surface area contributed by atoms with Crippen LogP contribution in [0.5, 0.6) is 0 Å². The number of hydrogen-bond acceptors (Lipinski definition) is 3. The summed E-state index contributed by atoms with van der Waals surface area (Å²) in [5, 5.41) is 14.0. The van der Waals surface area contributed by atoms with E-state index in [-0.39, 0.29) is 10.6 Å². The molecule has 0 aliphatic heterocycles. The molecule has 1 N–H and O–H groups in total. The molecule has 0 amide bonds. The molecule has 0 aliphatic carbocycles. The van der Waals surface area contributed by atoms with E-state index in [0.29, 0.717) is 5.69 Å². The molecule has 92 valence electrons. The van der Waals surface area contributed by atoms with Crippen molar-refractivity contribution in [1.29, 1.82) is 0 Å². The minimum Gasteiger partial charge on any atom is -0.350 e. The molecule has 0 bridgehead atoms. The maximum absolute atomic E-state index is 10.9. The van der Waals surface area contributed by atoms with Crippen LogP contribution in [0.15, 0.2) is 42.5 Å². The van der Waals surface area contributed by atoms with Crippen molar-refractivity contribution in [2.45, 2.75) is 13.8 Å². The number of nitrogens with one attached hydrogen (secondary N) is 1. The van der Waals surface area contributed by atoms with E-state index in [1.54, 1.807) is 18.2 Å². The summed E-state index contributed by atoms with van der Waals surface area (Å²) in [6.07, 6.45) is 0. The Hall–Kier alpha value is -2.36. The van der Waals surface area contributed by atoms with E-state index in [0.717, 1.165) is 16.8 Å². The lowest BCUT2D eigenvalue weighted by atomic mass is 10.1. The minimum atomic E-state index is -0.384. The average molecular weight is 242 g/mol. The largest absolute Gasteiger partial charge is 0.350 e. The monoisotopic (exact) mass is 242 g/mol. The van der Waals surface area contributed by atoms with Gasteiger partial charge in [-0.1, -0.05) is 18.2 Å². The Morgan fingerprint density at radius 1 is 1.06 bits per heavy atom. The molecule has 2 aromatic rings. The number of nitrogens with zero attached hydrogens (tertiary/aromatic N) is 1. The summed E-state index contributed by atoms with van der Waals surface area (Å²) in [4.78, 5) is 10.5. The van der Waals surface area contributed by atoms with Crippen molar-refractivity contribution in [2.24, 2.45) is 0 Å². The van der Waals surface area contributed by atoms with Crippen LogP contribution in [0.2, 0.25) is 0 Å². The summed E-state index contributed by atoms with van der Waals surface area (Å²) in [6.45, 7) is 4.00. The number of nitro groups is 1. The van der Waals surface area contributed by atoms with Gasteiger partial charge in [0.2, 0.25) is 0 Å². The number of para-hydroxylation sites is 2. The minimum absolute atomic E-state index is 0.0802. The zero-order valence-electron chi connectivity index (χ0n) is 10.3. The molecule has 0 heterocycles. The number of anilines is 2. The highest BCUT2D eigenvalue weighted by molar-refractivity contribution is 5.69. The summed E-state index contributed by atoms with van der Waals surface area (Å²) in [5.74, 6) is 0. The van der Waals surface area contributed by atoms with Gasteiger partial charge < -0.3 is 5.32 Å². The van der Waals surface area contributed by atoms with Crippen molar-refractivity contribution in [3.8, 4) is 0 Å². The average Bonchev–Trinajstić information content (AvgIpc) is 2.27. The molecule has 0 saturated heterocycles. The first-order valence-electron chi connectivity index (χ1n) is 5.65. The van der Waals surface area contributed by atoms with Gasteiger partial charge in [-0.3, -0.25) is 10.1 Å². The van der Waals surface area contributed by atoms with Crippen molar-refractivity contribution in [2.75, 3.05) is 5.32 Å². The van der Waals surface area contributed by atoms with Crippen LogP contribution in [0.3, 0.4) is 0 Å². The molecule has 2 aromatic carbocycles. The number of benzene rings is 2. The first-order chi connectivity index (χ1) is 8.56. The Kier molecular flexibility index (Phi) is 3.28. The second-order valence-electron chi connectivity index (χ2n) is 4.28. The van der Waals surface area contributed by atoms with Crippen molar-refractivity contribution < 1.29 is 4.92 Å². The lowest BCUT2D eigenvalue weighted by Crippen LogP contribution is -1.97. The third-order valence-corrected chi connectivity index (χ3v) is 2.60. The van der Waals surface area contributed by atoms with Crippen LogP contribution in [0, 0.1) is 24.0 Å². The predicted octanol–water partition coefficient (Wildman–Crippen LogP) is 3.96. The van der Waals surface area contributed by atoms with Gasteiger partial charge in [0, 0.05) is 11.8 Å². The van der Waals surface area contributed by atoms with Crippen LogP contribution >= 0.6 is 0 Å². The molecule has 4 nitrogen and oxygen atoms in total. The predicted molar refractivity (Wildman–Crippen MR) is 72.3 cm³/mol. The van der Waals surface area contributed by atoms with Gasteiger partial charge in [0.25, 0.3) is 5.69 Å². The molecule has 2 rings (SSSR count). The SMILES string of the molecule is Cc1cc(C)cc(Nc2ccccc2[N+](=O)[O-])c1. The highest BCUT2D eigenvalue weighted by Crippen LogP contribution is 2.27. The van der Waals surface area contributed by atoms with Gasteiger partial charge in [-0.15, -0.1) is 0 Å². The Morgan fingerprint density at radius 3 is 2.28 bits per heavy atom. The summed E-state index contributed by atoms with van der Waals surface area (Å²) in [6, 6.07) is 12.6. The van der Waals surface area contributed by atoms with E-state index in [2.05, 4.69) is 11.4 Å². The summed E-state index contributed by atoms with van der Waals surface area (Å²) >= 11 is 0. The summed E-state index contributed by atoms with van der Waals surface area (Å²) in [7, 11) is 0. The second kappa shape index (κ2) is 4.87. The van der Waals surface area contributed by atoms with E-state index >= 15 is 0 Å². The van der Waals surface area contributed by atoms with Gasteiger partial charge in [-0.25, -0.2) is 0 Å². The lowest BCUT2D eigenvalue weighted by molar-refractivity contribution is -0.383. The quantitative estimate of drug-likeness (QED) is 0.654. The number of rotatable bonds is 3. The van der Waals surface area contributed by atoms with Crippen LogP contribution in [0.25, 0.3) is 0 Å². The number of aryl methyl sites for hydroxylation is 2. The summed E-state index contributed by atoms with van der Waals surface area (Å²) in [5.41, 5.74) is 3.69. The molecular formula is C14H14N2O2. The van der Waals surface area contributed by atoms with E-state index in [4.69, 9.17) is 0 Å². The third kappa shape index (κ3) is 2.66. The first kappa shape index (κ1) is 12.1. The highest BCUT2D eigenvalue weighted by atomic mass is 16.6. The fourth-order valence-electron chi connectivity index (χ4n) is 1.94. The van der Waals surface area contributed by atoms with Gasteiger partial charge in [0.05, 0.1) is 4.92 Å². The Morgan fingerprint density at radius 2 is 1.67 bits per heavy atom. The van der Waals surface area contributed by atoms with Crippen molar-refractivity contribution in [3.63, 3.8) is 0 Å². The Labute approximate surface area is 105 Å². The van der Waals surface area contributed by atoms with E-state index in [1.165, 1.54) is 6.07 Å². The molecule has 0 radical (unpaired) electrons. The van der Waals surface area contributed by atoms with Gasteiger partial charge in [-0.05, 0) is 43.2 Å². The maximum atomic E-state index is 10.9. The molecule has 4 heteroatoms. The fourth-order valence-corrected chi connectivity index (χ4v) is 1.94. The molecule has 0 spiro atoms. The van der Waals surface area contributed by atoms with Crippen molar-refractivity contribution >= 4 is 17.1 Å². The van der Waals surface area contributed by atoms with Crippen molar-refractivity contribution in [3.05, 3.63) is 63.7 Å². The molecule has 0 saturated carbocycles. The zero-order valence-corrected chi connectivity index (χ0v) is 10.3. The van der Waals surface area contributed by atoms with Gasteiger partial charge in [-0.2, -0.15) is 0 Å². The van der Waals surface area contributed by atoms with Gasteiger partial charge >= 0.3 is 0 Å². The molecule has 18 heavy (non-hydrogen) atoms. The van der Waals surface area contributed by atoms with Gasteiger partial charge in [0.15, 0.2) is 0 Å². The fraction of sp³-hybridized carbons (Fsp3) is 0.143. The van der Waals surface area contributed by atoms with Gasteiger partial charge in [0.1, 0.15) is 5.69 Å². The van der Waals surface area contributed by atoms with E-state index in [9.17, 15) is 10.1 Å². The molecule has 0 fully saturated rings. The van der Waals surface area contributed by atoms with E-state index in [1.807, 2.05) is 26.0 Å². The standard InChI is InChI=1S/C14H14N2O2/c1-10-7-11(2)9-12(8-10)15-13-5-3-4-6-14(13)16(17)18/h3-9,15H,1-2H3. The third-order valence-electron chi connectivity index (χ3n) is 2.60. The molecular weight excluding hydrogens is 228 g/mol. The molecule has 0 atom stereocenters. The van der Waals surface area contributed by atoms with Crippen LogP contribution in [-0.4, -0.2) is 4.92 Å². The molecule has 0 unspecified atom stereocenters. The number of nitro benzene ring substituents is 1. The topological polar surface area (TPSA) is 55.2 Å². The normalized spacial score (nSPS) is 10.1. The summed E-state index contributed by atoms with van der Waals surface area (Å²) < 4.78 is 0. The van der Waals surface area contributed by atoms with Crippen LogP contribution in [0.4, 0.5) is 17.1 Å². The Balaban J connectivity index is 2.37. The maximum Gasteiger partial charge on any atom is 0.292 e. The van der Waals surface area contributed by atoms with Crippen LogP contribution < -0.4 is 5.32 Å². The Bertz CT molecular complexity index is 574. The van der Waals surface area contributed by atoms with E-state index < -0.39 is 0 Å². The lowest BCUT2D eigenvalue weighted by Gasteiger charge is -2.08. The zero-order chi connectivity index (χ0) is 13.1. The number of hydrogen-bond donors (Lipinski definition) is 1. The second-order valence-corrected chi connectivity index (χ2v) is 4.28. The van der Waals surface area contributed by atoms with Crippen molar-refractivity contribution in [1.82, 2.24) is 0 Å². The smallest absolute Gasteiger partial charge is 0.292 e. The highest BCUT2D eigenvalue weighted by Gasteiger charge is 2.12. The molecule has 0 aromatic heterocycles. The first-order valence-corrected chi connectivity index (χ1v) is 5.65. The molecule has 0 aliphatic rings. The van der Waals surface area contributed by atoms with Crippen LogP contribution in [-0.2, 0) is 0 Å².